The third-order valence-electron chi connectivity index (χ3n) is 3.00. The van der Waals surface area contributed by atoms with Crippen molar-refractivity contribution in [1.82, 2.24) is 29.6 Å². The fourth-order valence-electron chi connectivity index (χ4n) is 1.97. The highest BCUT2D eigenvalue weighted by Crippen LogP contribution is 2.14. The topological polar surface area (TPSA) is 60.6 Å². The SMILES string of the molecule is CCCNC(Cc1ncnn1C)c1nccn1C. The maximum atomic E-state index is 4.42. The fourth-order valence-corrected chi connectivity index (χ4v) is 1.97. The van der Waals surface area contributed by atoms with Gasteiger partial charge in [0.2, 0.25) is 0 Å². The highest BCUT2D eigenvalue weighted by Gasteiger charge is 2.18. The maximum Gasteiger partial charge on any atom is 0.138 e. The summed E-state index contributed by atoms with van der Waals surface area (Å²) >= 11 is 0. The average Bonchev–Trinajstić information content (AvgIpc) is 2.94. The van der Waals surface area contributed by atoms with E-state index in [1.54, 1.807) is 6.33 Å². The minimum atomic E-state index is 0.174. The normalized spacial score (nSPS) is 12.8. The Kier molecular flexibility index (Phi) is 4.09. The molecule has 0 aliphatic rings. The van der Waals surface area contributed by atoms with Crippen LogP contribution >= 0.6 is 0 Å². The molecule has 0 saturated heterocycles. The summed E-state index contributed by atoms with van der Waals surface area (Å²) in [5.41, 5.74) is 0. The van der Waals surface area contributed by atoms with Gasteiger partial charge in [0.1, 0.15) is 18.0 Å². The largest absolute Gasteiger partial charge is 0.337 e. The second kappa shape index (κ2) is 5.77. The average molecular weight is 248 g/mol. The lowest BCUT2D eigenvalue weighted by Crippen LogP contribution is -2.27. The van der Waals surface area contributed by atoms with E-state index >= 15 is 0 Å². The van der Waals surface area contributed by atoms with E-state index in [1.807, 2.05) is 35.7 Å². The quantitative estimate of drug-likeness (QED) is 0.822. The summed E-state index contributed by atoms with van der Waals surface area (Å²) in [4.78, 5) is 8.70. The Bertz CT molecular complexity index is 486. The zero-order valence-corrected chi connectivity index (χ0v) is 11.2. The van der Waals surface area contributed by atoms with E-state index < -0.39 is 0 Å². The lowest BCUT2D eigenvalue weighted by atomic mass is 10.1. The van der Waals surface area contributed by atoms with E-state index in [4.69, 9.17) is 0 Å². The molecule has 0 fully saturated rings. The number of rotatable bonds is 6. The number of imidazole rings is 1. The monoisotopic (exact) mass is 248 g/mol. The van der Waals surface area contributed by atoms with E-state index in [9.17, 15) is 0 Å². The number of aromatic nitrogens is 5. The molecule has 0 bridgehead atoms. The van der Waals surface area contributed by atoms with Crippen molar-refractivity contribution in [2.45, 2.75) is 25.8 Å². The smallest absolute Gasteiger partial charge is 0.138 e. The van der Waals surface area contributed by atoms with Crippen molar-refractivity contribution < 1.29 is 0 Å². The summed E-state index contributed by atoms with van der Waals surface area (Å²) in [6.07, 6.45) is 7.27. The minimum absolute atomic E-state index is 0.174. The number of hydrogen-bond donors (Lipinski definition) is 1. The van der Waals surface area contributed by atoms with Crippen molar-refractivity contribution in [2.75, 3.05) is 6.54 Å². The Balaban J connectivity index is 2.15. The van der Waals surface area contributed by atoms with E-state index in [-0.39, 0.29) is 6.04 Å². The molecule has 2 aromatic heterocycles. The Hall–Kier alpha value is -1.69. The van der Waals surface area contributed by atoms with Crippen LogP contribution in [-0.4, -0.2) is 30.9 Å². The van der Waals surface area contributed by atoms with E-state index in [1.165, 1.54) is 0 Å². The molecule has 2 rings (SSSR count). The van der Waals surface area contributed by atoms with E-state index in [0.29, 0.717) is 0 Å². The summed E-state index contributed by atoms with van der Waals surface area (Å²) in [7, 11) is 3.93. The van der Waals surface area contributed by atoms with E-state index in [0.717, 1.165) is 31.0 Å². The molecule has 6 heteroatoms. The Morgan fingerprint density at radius 3 is 2.72 bits per heavy atom. The highest BCUT2D eigenvalue weighted by atomic mass is 15.3. The van der Waals surface area contributed by atoms with Crippen molar-refractivity contribution in [2.24, 2.45) is 14.1 Å². The lowest BCUT2D eigenvalue weighted by Gasteiger charge is -2.17. The van der Waals surface area contributed by atoms with Gasteiger partial charge in [-0.1, -0.05) is 6.92 Å². The van der Waals surface area contributed by atoms with E-state index in [2.05, 4.69) is 27.3 Å². The van der Waals surface area contributed by atoms with Crippen molar-refractivity contribution in [3.8, 4) is 0 Å². The molecular formula is C12H20N6. The molecule has 0 radical (unpaired) electrons. The van der Waals surface area contributed by atoms with Gasteiger partial charge in [-0.3, -0.25) is 4.68 Å². The van der Waals surface area contributed by atoms with Crippen LogP contribution in [0.15, 0.2) is 18.7 Å². The van der Waals surface area contributed by atoms with Crippen molar-refractivity contribution in [1.29, 1.82) is 0 Å². The van der Waals surface area contributed by atoms with Gasteiger partial charge in [-0.05, 0) is 13.0 Å². The van der Waals surface area contributed by atoms with Crippen LogP contribution in [0, 0.1) is 0 Å². The van der Waals surface area contributed by atoms with Crippen LogP contribution in [0.3, 0.4) is 0 Å². The highest BCUT2D eigenvalue weighted by molar-refractivity contribution is 5.03. The summed E-state index contributed by atoms with van der Waals surface area (Å²) in [5.74, 6) is 2.00. The van der Waals surface area contributed by atoms with Gasteiger partial charge in [0.15, 0.2) is 0 Å². The van der Waals surface area contributed by atoms with Crippen molar-refractivity contribution in [3.63, 3.8) is 0 Å². The van der Waals surface area contributed by atoms with Gasteiger partial charge in [-0.2, -0.15) is 5.10 Å². The lowest BCUT2D eigenvalue weighted by molar-refractivity contribution is 0.474. The first-order valence-electron chi connectivity index (χ1n) is 6.25. The molecule has 0 aliphatic heterocycles. The first kappa shape index (κ1) is 12.8. The molecule has 0 spiro atoms. The first-order valence-corrected chi connectivity index (χ1v) is 6.25. The van der Waals surface area contributed by atoms with Crippen LogP contribution in [0.4, 0.5) is 0 Å². The molecule has 1 N–H and O–H groups in total. The van der Waals surface area contributed by atoms with Gasteiger partial charge < -0.3 is 9.88 Å². The van der Waals surface area contributed by atoms with Crippen LogP contribution in [-0.2, 0) is 20.5 Å². The summed E-state index contributed by atoms with van der Waals surface area (Å²) in [6, 6.07) is 0.174. The standard InChI is InChI=1S/C12H20N6/c1-4-5-13-10(12-14-6-7-17(12)2)8-11-15-9-16-18(11)3/h6-7,9-10,13H,4-5,8H2,1-3H3. The second-order valence-electron chi connectivity index (χ2n) is 4.41. The Morgan fingerprint density at radius 2 is 2.17 bits per heavy atom. The minimum Gasteiger partial charge on any atom is -0.337 e. The molecule has 2 heterocycles. The predicted octanol–water partition coefficient (Wildman–Crippen LogP) is 0.832. The molecule has 0 saturated carbocycles. The van der Waals surface area contributed by atoms with Crippen LogP contribution in [0.2, 0.25) is 0 Å². The van der Waals surface area contributed by atoms with Crippen molar-refractivity contribution >= 4 is 0 Å². The van der Waals surface area contributed by atoms with Gasteiger partial charge in [0.05, 0.1) is 6.04 Å². The van der Waals surface area contributed by atoms with Gasteiger partial charge in [-0.15, -0.1) is 0 Å². The van der Waals surface area contributed by atoms with Crippen LogP contribution in [0.5, 0.6) is 0 Å². The molecule has 1 unspecified atom stereocenters. The van der Waals surface area contributed by atoms with Gasteiger partial charge in [0.25, 0.3) is 0 Å². The molecule has 6 nitrogen and oxygen atoms in total. The van der Waals surface area contributed by atoms with Crippen LogP contribution in [0.25, 0.3) is 0 Å². The molecule has 2 aromatic rings. The summed E-state index contributed by atoms with van der Waals surface area (Å²) in [6.45, 7) is 3.13. The second-order valence-corrected chi connectivity index (χ2v) is 4.41. The molecule has 0 aromatic carbocycles. The maximum absolute atomic E-state index is 4.42. The molecule has 0 aliphatic carbocycles. The Morgan fingerprint density at radius 1 is 1.33 bits per heavy atom. The predicted molar refractivity (Wildman–Crippen MR) is 68.9 cm³/mol. The third kappa shape index (κ3) is 2.76. The zero-order chi connectivity index (χ0) is 13.0. The van der Waals surface area contributed by atoms with Crippen LogP contribution < -0.4 is 5.32 Å². The van der Waals surface area contributed by atoms with Crippen molar-refractivity contribution in [3.05, 3.63) is 30.4 Å². The fraction of sp³-hybridized carbons (Fsp3) is 0.583. The molecule has 18 heavy (non-hydrogen) atoms. The zero-order valence-electron chi connectivity index (χ0n) is 11.2. The molecule has 0 amide bonds. The van der Waals surface area contributed by atoms with Crippen LogP contribution in [0.1, 0.15) is 31.0 Å². The van der Waals surface area contributed by atoms with Gasteiger partial charge in [0, 0.05) is 32.9 Å². The van der Waals surface area contributed by atoms with Gasteiger partial charge in [-0.25, -0.2) is 9.97 Å². The third-order valence-corrected chi connectivity index (χ3v) is 3.00. The molecule has 1 atom stereocenters. The summed E-state index contributed by atoms with van der Waals surface area (Å²) < 4.78 is 3.85. The molecule has 98 valence electrons. The summed E-state index contributed by atoms with van der Waals surface area (Å²) in [5, 5.41) is 7.62. The molecular weight excluding hydrogens is 228 g/mol. The first-order chi connectivity index (χ1) is 8.72. The number of nitrogens with zero attached hydrogens (tertiary/aromatic N) is 5. The number of aryl methyl sites for hydroxylation is 2. The Labute approximate surface area is 107 Å². The number of nitrogens with one attached hydrogen (secondary N) is 1. The number of hydrogen-bond acceptors (Lipinski definition) is 4. The van der Waals surface area contributed by atoms with Gasteiger partial charge >= 0.3 is 0 Å².